The van der Waals surface area contributed by atoms with Crippen LogP contribution in [0.3, 0.4) is 0 Å². The highest BCUT2D eigenvalue weighted by atomic mass is 19.1. The lowest BCUT2D eigenvalue weighted by atomic mass is 9.44. The summed E-state index contributed by atoms with van der Waals surface area (Å²) in [5.41, 5.74) is -3.30. The average Bonchev–Trinajstić information content (AvgIpc) is 3.64. The summed E-state index contributed by atoms with van der Waals surface area (Å²) in [6, 6.07) is 14.0. The lowest BCUT2D eigenvalue weighted by molar-refractivity contribution is -0.246. The zero-order valence-electron chi connectivity index (χ0n) is 35.9. The van der Waals surface area contributed by atoms with Crippen LogP contribution in [0.25, 0.3) is 10.8 Å². The highest BCUT2D eigenvalue weighted by Gasteiger charge is 2.80. The van der Waals surface area contributed by atoms with E-state index in [1.165, 1.54) is 12.2 Å². The van der Waals surface area contributed by atoms with Gasteiger partial charge in [0.15, 0.2) is 29.4 Å². The molecule has 2 N–H and O–H groups in total. The van der Waals surface area contributed by atoms with Gasteiger partial charge in [0, 0.05) is 40.2 Å². The number of ether oxygens (including phenoxy) is 4. The zero-order chi connectivity index (χ0) is 44.4. The number of hydrogen-bond acceptors (Lipinski definition) is 12. The fourth-order valence-electron chi connectivity index (χ4n) is 11.4. The Kier molecular flexibility index (Phi) is 11.1. The van der Waals surface area contributed by atoms with E-state index in [1.54, 1.807) is 68.4 Å². The Morgan fingerprint density at radius 2 is 1.71 bits per heavy atom. The number of esters is 2. The number of pyridine rings is 1. The quantitative estimate of drug-likeness (QED) is 0.196. The predicted octanol–water partition coefficient (Wildman–Crippen LogP) is 6.28. The molecule has 14 heteroatoms. The number of carbonyl (C=O) groups excluding carboxylic acids is 5. The number of amides is 1. The molecule has 4 fully saturated rings. The number of rotatable bonds is 12. The molecule has 1 aliphatic heterocycles. The fourth-order valence-corrected chi connectivity index (χ4v) is 11.4. The number of alkyl halides is 1. The first-order valence-electron chi connectivity index (χ1n) is 21.2. The second-order valence-corrected chi connectivity index (χ2v) is 18.6. The Hall–Kier alpha value is -5.15. The Morgan fingerprint density at radius 3 is 2.44 bits per heavy atom. The van der Waals surface area contributed by atoms with E-state index in [4.69, 9.17) is 18.9 Å². The molecule has 328 valence electrons. The molecule has 2 aromatic carbocycles. The van der Waals surface area contributed by atoms with Gasteiger partial charge in [0.2, 0.25) is 11.7 Å². The summed E-state index contributed by atoms with van der Waals surface area (Å²) >= 11 is 0. The largest absolute Gasteiger partial charge is 0.461 e. The van der Waals surface area contributed by atoms with Crippen LogP contribution in [0.4, 0.5) is 10.1 Å². The molecule has 62 heavy (non-hydrogen) atoms. The molecule has 3 saturated carbocycles. The first-order chi connectivity index (χ1) is 29.3. The first kappa shape index (κ1) is 43.5. The Bertz CT molecular complexity index is 2380. The van der Waals surface area contributed by atoms with Crippen LogP contribution in [-0.2, 0) is 49.5 Å². The van der Waals surface area contributed by atoms with Gasteiger partial charge in [0.25, 0.3) is 0 Å². The third-order valence-corrected chi connectivity index (χ3v) is 14.3. The third kappa shape index (κ3) is 7.18. The van der Waals surface area contributed by atoms with Gasteiger partial charge in [-0.05, 0) is 113 Å². The molecule has 0 spiro atoms. The van der Waals surface area contributed by atoms with Crippen LogP contribution in [0.2, 0.25) is 0 Å². The monoisotopic (exact) mass is 851 g/mol. The molecular weight excluding hydrogens is 798 g/mol. The van der Waals surface area contributed by atoms with Crippen molar-refractivity contribution in [2.45, 2.75) is 108 Å². The molecule has 3 aromatic rings. The van der Waals surface area contributed by atoms with Crippen molar-refractivity contribution in [3.63, 3.8) is 0 Å². The highest BCUT2D eigenvalue weighted by molar-refractivity contribution is 6.01. The van der Waals surface area contributed by atoms with Gasteiger partial charge in [-0.2, -0.15) is 0 Å². The van der Waals surface area contributed by atoms with E-state index in [0.717, 1.165) is 16.3 Å². The Balaban J connectivity index is 0.857. The third-order valence-electron chi connectivity index (χ3n) is 14.3. The maximum absolute atomic E-state index is 17.7. The molecule has 0 bridgehead atoms. The number of nitrogens with zero attached hydrogens (tertiary/aromatic N) is 2. The van der Waals surface area contributed by atoms with E-state index in [1.807, 2.05) is 45.3 Å². The Labute approximate surface area is 360 Å². The first-order valence-corrected chi connectivity index (χ1v) is 21.2. The molecule has 1 unspecified atom stereocenters. The standard InChI is InChI=1S/C48H54FN3O10/c1-44(2)61-39-23-36-35-14-12-32-22-34(53)17-19-45(32,3)47(35,49)37(54)24-46(36,4)48(39,62-44)38(55)27-60-41(57)16-15-40(56)59-26-28-7-9-29(10-8-28)42(52(5)6)43(58)51-33-13-11-31-25-50-20-18-30(31)21-33/h7-11,13,17-22,25,35-37,39,42,54H,12,14-16,23-24,26-27H2,1-6H3,(H,51,58)/t35-,36-,37-,39+,42?,45-,46-,47-,48+/m0/s1. The second-order valence-electron chi connectivity index (χ2n) is 18.6. The molecular formula is C48H54FN3O10. The second kappa shape index (κ2) is 15.9. The van der Waals surface area contributed by atoms with Crippen molar-refractivity contribution < 1.29 is 52.4 Å². The zero-order valence-corrected chi connectivity index (χ0v) is 35.9. The molecule has 8 rings (SSSR count). The van der Waals surface area contributed by atoms with Crippen molar-refractivity contribution in [3.8, 4) is 0 Å². The van der Waals surface area contributed by atoms with Crippen LogP contribution in [-0.4, -0.2) is 94.4 Å². The molecule has 2 heterocycles. The smallest absolute Gasteiger partial charge is 0.306 e. The number of benzene rings is 2. The maximum atomic E-state index is 17.7. The van der Waals surface area contributed by atoms with Crippen molar-refractivity contribution in [2.24, 2.45) is 22.7 Å². The van der Waals surface area contributed by atoms with Crippen LogP contribution >= 0.6 is 0 Å². The summed E-state index contributed by atoms with van der Waals surface area (Å²) in [5, 5.41) is 16.7. The van der Waals surface area contributed by atoms with Gasteiger partial charge < -0.3 is 29.4 Å². The van der Waals surface area contributed by atoms with Crippen molar-refractivity contribution in [3.05, 3.63) is 95.9 Å². The lowest BCUT2D eigenvalue weighted by Crippen LogP contribution is -2.70. The number of hydrogen-bond donors (Lipinski definition) is 2. The van der Waals surface area contributed by atoms with Crippen molar-refractivity contribution >= 4 is 45.9 Å². The summed E-state index contributed by atoms with van der Waals surface area (Å²) in [7, 11) is 3.63. The minimum absolute atomic E-state index is 0.0631. The van der Waals surface area contributed by atoms with Crippen LogP contribution in [0, 0.1) is 22.7 Å². The molecule has 0 radical (unpaired) electrons. The number of nitrogens with one attached hydrogen (secondary N) is 1. The number of halogens is 1. The highest BCUT2D eigenvalue weighted by Crippen LogP contribution is 2.72. The normalized spacial score (nSPS) is 32.2. The molecule has 1 amide bonds. The number of anilines is 1. The molecule has 1 aromatic heterocycles. The number of fused-ring (bicyclic) bond motifs is 8. The fraction of sp³-hybridized carbons (Fsp3) is 0.500. The SMILES string of the molecule is CN(C)C(C(=O)Nc1ccc2cnccc2c1)c1ccc(COC(=O)CCC(=O)OCC(=O)[C@@]23OC(C)(C)O[C@@H]2C[C@H]2[C@@H]4CCC5=CC(=O)C=C[C@]5(C)[C@@]4(F)[C@@H](O)C[C@@]23C)cc1. The summed E-state index contributed by atoms with van der Waals surface area (Å²) < 4.78 is 41.5. The Morgan fingerprint density at radius 1 is 0.984 bits per heavy atom. The topological polar surface area (TPSA) is 171 Å². The van der Waals surface area contributed by atoms with Crippen LogP contribution in [0.1, 0.15) is 83.4 Å². The van der Waals surface area contributed by atoms with Crippen molar-refractivity contribution in [1.29, 1.82) is 0 Å². The van der Waals surface area contributed by atoms with E-state index in [-0.39, 0.29) is 37.6 Å². The van der Waals surface area contributed by atoms with Crippen LogP contribution in [0.5, 0.6) is 0 Å². The number of allylic oxidation sites excluding steroid dienone is 4. The van der Waals surface area contributed by atoms with Gasteiger partial charge in [-0.1, -0.05) is 48.9 Å². The molecule has 5 aliphatic rings. The minimum Gasteiger partial charge on any atom is -0.461 e. The maximum Gasteiger partial charge on any atom is 0.306 e. The van der Waals surface area contributed by atoms with Crippen LogP contribution < -0.4 is 5.32 Å². The van der Waals surface area contributed by atoms with Crippen molar-refractivity contribution in [1.82, 2.24) is 9.88 Å². The number of aliphatic hydroxyl groups excluding tert-OH is 1. The van der Waals surface area contributed by atoms with E-state index < -0.39 is 82.3 Å². The number of carbonyl (C=O) groups is 5. The van der Waals surface area contributed by atoms with E-state index in [2.05, 4.69) is 10.3 Å². The number of ketones is 2. The number of likely N-dealkylation sites (N-methyl/N-ethyl adjacent to an activating group) is 1. The summed E-state index contributed by atoms with van der Waals surface area (Å²) in [4.78, 5) is 71.7. The summed E-state index contributed by atoms with van der Waals surface area (Å²) in [6.45, 7) is 6.23. The predicted molar refractivity (Wildman–Crippen MR) is 225 cm³/mol. The molecule has 9 atom stereocenters. The van der Waals surface area contributed by atoms with E-state index in [0.29, 0.717) is 36.1 Å². The number of aromatic nitrogens is 1. The van der Waals surface area contributed by atoms with Gasteiger partial charge in [-0.3, -0.25) is 33.9 Å². The average molecular weight is 852 g/mol. The summed E-state index contributed by atoms with van der Waals surface area (Å²) in [6.07, 6.45) is 5.99. The van der Waals surface area contributed by atoms with Crippen LogP contribution in [0.15, 0.2) is 84.7 Å². The van der Waals surface area contributed by atoms with Crippen molar-refractivity contribution in [2.75, 3.05) is 26.0 Å². The molecule has 1 saturated heterocycles. The van der Waals surface area contributed by atoms with Gasteiger partial charge in [0.05, 0.1) is 25.0 Å². The van der Waals surface area contributed by atoms with E-state index >= 15 is 4.39 Å². The molecule has 13 nitrogen and oxygen atoms in total. The molecule has 4 aliphatic carbocycles. The van der Waals surface area contributed by atoms with Gasteiger partial charge >= 0.3 is 11.9 Å². The van der Waals surface area contributed by atoms with Gasteiger partial charge in [0.1, 0.15) is 12.6 Å². The number of Topliss-reactive ketones (excluding diaryl/α,β-unsaturated/α-hetero) is 1. The number of aliphatic hydroxyl groups is 1. The van der Waals surface area contributed by atoms with Gasteiger partial charge in [-0.25, -0.2) is 4.39 Å². The van der Waals surface area contributed by atoms with E-state index in [9.17, 15) is 29.1 Å². The minimum atomic E-state index is -2.10. The lowest BCUT2D eigenvalue weighted by Gasteiger charge is -2.62. The van der Waals surface area contributed by atoms with Gasteiger partial charge in [-0.15, -0.1) is 0 Å². The summed E-state index contributed by atoms with van der Waals surface area (Å²) in [5.74, 6) is -4.69.